The third-order valence-corrected chi connectivity index (χ3v) is 0. The van der Waals surface area contributed by atoms with Crippen LogP contribution in [0.2, 0.25) is 0 Å². The van der Waals surface area contributed by atoms with E-state index in [0.717, 1.165) is 0 Å². The van der Waals surface area contributed by atoms with E-state index < -0.39 is 0 Å². The molecule has 0 fully saturated rings. The Labute approximate surface area is 218 Å². The van der Waals surface area contributed by atoms with E-state index in [1.807, 2.05) is 0 Å². The first-order valence-corrected chi connectivity index (χ1v) is 0. The van der Waals surface area contributed by atoms with Crippen molar-refractivity contribution in [3.8, 4) is 0 Å². The molecule has 0 heterocycles. The van der Waals surface area contributed by atoms with E-state index >= 15 is 0 Å². The minimum atomic E-state index is 0. The Bertz CT molecular complexity index is 32.2. The van der Waals surface area contributed by atoms with E-state index in [0.29, 0.717) is 0 Å². The molecule has 0 rings (SSSR count). The van der Waals surface area contributed by atoms with Crippen LogP contribution < -0.4 is 49.6 Å². The van der Waals surface area contributed by atoms with E-state index in [1.165, 1.54) is 0 Å². The minimum absolute atomic E-state index is 0. The first-order valence-electron chi connectivity index (χ1n) is 0. The van der Waals surface area contributed by atoms with Gasteiger partial charge in [0, 0.05) is 0 Å². The molecule has 0 atom stereocenters. The quantitative estimate of drug-likeness (QED) is 0.382. The van der Waals surface area contributed by atoms with Crippen LogP contribution in [0.15, 0.2) is 0 Å². The number of hydrogen-bond donors (Lipinski definition) is 0. The van der Waals surface area contributed by atoms with Gasteiger partial charge in [0.05, 0.1) is 0 Å². The van der Waals surface area contributed by atoms with Crippen molar-refractivity contribution in [2.24, 2.45) is 0 Å². The summed E-state index contributed by atoms with van der Waals surface area (Å²) in [6.07, 6.45) is 0. The van der Waals surface area contributed by atoms with Crippen LogP contribution in [0.3, 0.4) is 0 Å². The predicted octanol–water partition coefficient (Wildman–Crippen LogP) is -15.3. The maximum atomic E-state index is 0. The third kappa shape index (κ3) is 150. The van der Waals surface area contributed by atoms with Crippen molar-refractivity contribution in [3.05, 3.63) is 0 Å². The van der Waals surface area contributed by atoms with Crippen LogP contribution in [-0.4, -0.2) is 172 Å². The summed E-state index contributed by atoms with van der Waals surface area (Å²) in [5.41, 5.74) is 0. The van der Waals surface area contributed by atoms with Crippen LogP contribution in [0.1, 0.15) is 1.43 Å². The summed E-state index contributed by atoms with van der Waals surface area (Å²) in [4.78, 5) is 0. The number of halogens is 4. The predicted molar refractivity (Wildman–Crippen MR) is 41.2 cm³/mol. The maximum Gasteiger partial charge on any atom is 2.00 e. The third-order valence-electron chi connectivity index (χ3n) is 0. The van der Waals surface area contributed by atoms with Gasteiger partial charge >= 0.3 is 145 Å². The fourth-order valence-corrected chi connectivity index (χ4v) is 0. The Balaban J connectivity index is 0. The van der Waals surface area contributed by atoms with Gasteiger partial charge in [0.1, 0.15) is 0 Å². The average molecular weight is 382 g/mol. The number of rotatable bonds is 0. The largest absolute Gasteiger partial charge is 2.00 e. The molecule has 0 aliphatic carbocycles. The van der Waals surface area contributed by atoms with E-state index in [4.69, 9.17) is 0 Å². The van der Waals surface area contributed by atoms with E-state index in [-0.39, 0.29) is 223 Å². The maximum absolute atomic E-state index is 0. The van der Waals surface area contributed by atoms with Crippen LogP contribution in [0.4, 0.5) is 0 Å². The molecule has 0 bridgehead atoms. The Kier molecular flexibility index (Phi) is 2650. The second-order valence-corrected chi connectivity index (χ2v) is 0. The molecule has 0 aromatic carbocycles. The SMILES string of the molecule is O.[Ca+2].[Ca+2].[Cl-].[Cl-].[Cl-].[Cl-].[H-].[Mg+2].[Mg+2].[Mg+2].[OH-].[OH-].[OH-].[OH-]. The van der Waals surface area contributed by atoms with Crippen molar-refractivity contribution in [3.63, 3.8) is 0 Å². The zero-order chi connectivity index (χ0) is 0. The van der Waals surface area contributed by atoms with Crippen LogP contribution >= 0.6 is 0 Å². The van der Waals surface area contributed by atoms with Crippen LogP contribution in [0, 0.1) is 0 Å². The number of hydrogen-bond acceptors (Lipinski definition) is 4. The smallest absolute Gasteiger partial charge is 1.00 e. The zero-order valence-electron chi connectivity index (χ0n) is 8.34. The second-order valence-electron chi connectivity index (χ2n) is 0. The summed E-state index contributed by atoms with van der Waals surface area (Å²) < 4.78 is 0. The normalized spacial score (nSPS) is 0. The molecule has 6 N–H and O–H groups in total. The van der Waals surface area contributed by atoms with Gasteiger partial charge < -0.3 is 78.4 Å². The van der Waals surface area contributed by atoms with Crippen molar-refractivity contribution in [2.45, 2.75) is 0 Å². The molecule has 0 unspecified atom stereocenters. The van der Waals surface area contributed by atoms with Crippen molar-refractivity contribution in [2.75, 3.05) is 0 Å². The van der Waals surface area contributed by atoms with Crippen molar-refractivity contribution < 1.29 is 78.4 Å². The Morgan fingerprint density at radius 3 is 0.429 bits per heavy atom. The Morgan fingerprint density at radius 2 is 0.429 bits per heavy atom. The molecule has 0 aromatic rings. The molecule has 0 saturated carbocycles. The topological polar surface area (TPSA) is 152 Å². The molecule has 14 heteroatoms. The summed E-state index contributed by atoms with van der Waals surface area (Å²) in [7, 11) is 0. The Hall–Kier alpha value is 5.78. The van der Waals surface area contributed by atoms with Crippen LogP contribution in [-0.2, 0) is 0 Å². The standard InChI is InChI=1S/2Ca.4ClH.3Mg.5H2O.H/h;;4*1H;;;;5*1H2;/q2*+2;;;;;3*+2;;;;;;-1/p-8. The van der Waals surface area contributed by atoms with Gasteiger partial charge in [0.2, 0.25) is 0 Å². The zero-order valence-corrected chi connectivity index (χ0v) is 19.0. The first kappa shape index (κ1) is 209. The monoisotopic (exact) mass is 379 g/mol. The molecule has 0 radical (unpaired) electrons. The van der Waals surface area contributed by atoms with Gasteiger partial charge in [-0.3, -0.25) is 0 Å². The van der Waals surface area contributed by atoms with Crippen molar-refractivity contribution in [1.29, 1.82) is 0 Å². The summed E-state index contributed by atoms with van der Waals surface area (Å²) in [5.74, 6) is 0. The Morgan fingerprint density at radius 1 is 0.429 bits per heavy atom. The van der Waals surface area contributed by atoms with Gasteiger partial charge in [-0.25, -0.2) is 0 Å². The van der Waals surface area contributed by atoms with Gasteiger partial charge in [-0.05, 0) is 0 Å². The summed E-state index contributed by atoms with van der Waals surface area (Å²) in [6, 6.07) is 0. The summed E-state index contributed by atoms with van der Waals surface area (Å²) in [6.45, 7) is 0. The second kappa shape index (κ2) is 178. The van der Waals surface area contributed by atoms with Gasteiger partial charge in [0.25, 0.3) is 0 Å². The van der Waals surface area contributed by atoms with E-state index in [2.05, 4.69) is 0 Å². The molecular formula is H7Ca2Cl4Mg3O5+. The molecule has 0 aliphatic rings. The molecular weight excluding hydrogens is 375 g/mol. The molecule has 5 nitrogen and oxygen atoms in total. The fourth-order valence-electron chi connectivity index (χ4n) is 0. The molecule has 0 saturated heterocycles. The van der Waals surface area contributed by atoms with Gasteiger partial charge in [0.15, 0.2) is 0 Å². The molecule has 0 amide bonds. The minimum Gasteiger partial charge on any atom is -1.00 e. The van der Waals surface area contributed by atoms with Crippen molar-refractivity contribution in [1.82, 2.24) is 0 Å². The molecule has 74 valence electrons. The molecule has 0 aromatic heterocycles. The van der Waals surface area contributed by atoms with Gasteiger partial charge in [-0.1, -0.05) is 0 Å². The molecule has 0 spiro atoms. The van der Waals surface area contributed by atoms with Gasteiger partial charge in [-0.2, -0.15) is 0 Å². The van der Waals surface area contributed by atoms with Crippen molar-refractivity contribution >= 4 is 145 Å². The van der Waals surface area contributed by atoms with E-state index in [9.17, 15) is 0 Å². The fraction of sp³-hybridized carbons (Fsp3) is 0. The average Bonchev–Trinajstić information content (AvgIpc) is 0. The summed E-state index contributed by atoms with van der Waals surface area (Å²) in [5, 5.41) is 0. The van der Waals surface area contributed by atoms with Crippen LogP contribution in [0.25, 0.3) is 0 Å². The van der Waals surface area contributed by atoms with Crippen LogP contribution in [0.5, 0.6) is 0 Å². The summed E-state index contributed by atoms with van der Waals surface area (Å²) >= 11 is 0. The van der Waals surface area contributed by atoms with Gasteiger partial charge in [-0.15, -0.1) is 0 Å². The first-order chi connectivity index (χ1) is 0. The molecule has 14 heavy (non-hydrogen) atoms. The molecule has 0 aliphatic heterocycles. The van der Waals surface area contributed by atoms with E-state index in [1.54, 1.807) is 0 Å².